The summed E-state index contributed by atoms with van der Waals surface area (Å²) >= 11 is 2.53. The number of halogens is 1. The number of unbranched alkanes of at least 4 members (excludes halogenated alkanes) is 2. The monoisotopic (exact) mass is 691 g/mol. The Labute approximate surface area is 287 Å². The van der Waals surface area contributed by atoms with E-state index in [0.29, 0.717) is 58.3 Å². The number of Topliss-reactive ketones (excluding diaryl/α,β-unsaturated/α-hetero) is 1. The number of hydrogen-bond donors (Lipinski definition) is 1. The fourth-order valence-electron chi connectivity index (χ4n) is 5.04. The van der Waals surface area contributed by atoms with Gasteiger partial charge in [-0.2, -0.15) is 0 Å². The van der Waals surface area contributed by atoms with Crippen LogP contribution in [-0.4, -0.2) is 46.8 Å². The maximum absolute atomic E-state index is 13.8. The molecule has 252 valence electrons. The summed E-state index contributed by atoms with van der Waals surface area (Å²) in [5.74, 6) is -0.188. The molecule has 0 aliphatic carbocycles. The van der Waals surface area contributed by atoms with Crippen LogP contribution in [0.5, 0.6) is 17.2 Å². The van der Waals surface area contributed by atoms with Crippen molar-refractivity contribution in [2.24, 2.45) is 0 Å². The number of aromatic nitrogens is 2. The lowest BCUT2D eigenvalue weighted by atomic mass is 9.95. The lowest BCUT2D eigenvalue weighted by molar-refractivity contribution is -0.132. The highest BCUT2D eigenvalue weighted by Gasteiger charge is 2.48. The van der Waals surface area contributed by atoms with E-state index in [1.165, 1.54) is 28.8 Å². The second-order valence-corrected chi connectivity index (χ2v) is 13.2. The number of anilines is 1. The van der Waals surface area contributed by atoms with Crippen LogP contribution in [0.1, 0.15) is 69.2 Å². The van der Waals surface area contributed by atoms with Gasteiger partial charge < -0.3 is 19.3 Å². The van der Waals surface area contributed by atoms with Crippen molar-refractivity contribution >= 4 is 45.7 Å². The van der Waals surface area contributed by atoms with Gasteiger partial charge in [0, 0.05) is 11.3 Å². The van der Waals surface area contributed by atoms with Crippen LogP contribution in [0, 0.1) is 5.82 Å². The molecule has 48 heavy (non-hydrogen) atoms. The number of hydrogen-bond acceptors (Lipinski definition) is 10. The van der Waals surface area contributed by atoms with Gasteiger partial charge in [0.15, 0.2) is 15.8 Å². The summed E-state index contributed by atoms with van der Waals surface area (Å²) in [5, 5.41) is 20.4. The molecule has 1 N–H and O–H groups in total. The molecule has 3 aromatic carbocycles. The molecule has 1 saturated heterocycles. The first kappa shape index (κ1) is 34.9. The molecular weight excluding hydrogens is 654 g/mol. The summed E-state index contributed by atoms with van der Waals surface area (Å²) in [5.41, 5.74) is 1.69. The van der Waals surface area contributed by atoms with Gasteiger partial charge in [0.2, 0.25) is 5.13 Å². The van der Waals surface area contributed by atoms with Gasteiger partial charge in [-0.3, -0.25) is 14.5 Å². The fraction of sp³-hybridized carbons (Fsp3) is 0.333. The third-order valence-electron chi connectivity index (χ3n) is 7.56. The standard InChI is InChI=1S/C36H38FN3O6S2/c1-4-7-19-45-27-16-11-24(12-17-27)32(41)30-31(25-13-18-28(46-20-8-5-2)29(21-25)44-6-3)40(34(43)33(30)42)35-38-39-36(48-35)47-22-23-9-14-26(37)15-10-23/h9-18,21,31,41H,4-8,19-20,22H2,1-3H3/b32-30+. The molecule has 2 heterocycles. The van der Waals surface area contributed by atoms with Crippen molar-refractivity contribution in [2.45, 2.75) is 62.6 Å². The summed E-state index contributed by atoms with van der Waals surface area (Å²) in [7, 11) is 0. The van der Waals surface area contributed by atoms with E-state index < -0.39 is 17.7 Å². The minimum atomic E-state index is -1.03. The predicted octanol–water partition coefficient (Wildman–Crippen LogP) is 8.35. The molecule has 0 radical (unpaired) electrons. The van der Waals surface area contributed by atoms with Gasteiger partial charge in [0.25, 0.3) is 5.78 Å². The molecule has 1 aromatic heterocycles. The van der Waals surface area contributed by atoms with E-state index >= 15 is 0 Å². The normalized spacial score (nSPS) is 15.6. The Morgan fingerprint density at radius 3 is 2.29 bits per heavy atom. The van der Waals surface area contributed by atoms with Crippen LogP contribution >= 0.6 is 23.1 Å². The van der Waals surface area contributed by atoms with Crippen molar-refractivity contribution in [1.29, 1.82) is 0 Å². The number of rotatable bonds is 16. The minimum absolute atomic E-state index is 0.0857. The van der Waals surface area contributed by atoms with Gasteiger partial charge >= 0.3 is 5.91 Å². The number of thioether (sulfide) groups is 1. The maximum Gasteiger partial charge on any atom is 0.301 e. The lowest BCUT2D eigenvalue weighted by Crippen LogP contribution is -2.29. The molecule has 9 nitrogen and oxygen atoms in total. The molecule has 1 amide bonds. The van der Waals surface area contributed by atoms with Gasteiger partial charge in [-0.1, -0.05) is 68.0 Å². The predicted molar refractivity (Wildman–Crippen MR) is 186 cm³/mol. The Balaban J connectivity index is 1.53. The Hall–Kier alpha value is -4.42. The summed E-state index contributed by atoms with van der Waals surface area (Å²) in [6.45, 7) is 7.46. The fourth-order valence-corrected chi connectivity index (χ4v) is 6.86. The molecule has 0 saturated carbocycles. The van der Waals surface area contributed by atoms with Gasteiger partial charge in [0.05, 0.1) is 31.4 Å². The first-order chi connectivity index (χ1) is 23.3. The van der Waals surface area contributed by atoms with Crippen molar-refractivity contribution < 1.29 is 33.3 Å². The second-order valence-electron chi connectivity index (χ2n) is 11.0. The van der Waals surface area contributed by atoms with Crippen LogP contribution < -0.4 is 19.1 Å². The SMILES string of the molecule is CCCCOc1ccc(/C(O)=C2\C(=O)C(=O)N(c3nnc(SCc4ccc(F)cc4)s3)C2c2ccc(OCCCC)c(OCC)c2)cc1. The number of aliphatic hydroxyl groups is 1. The molecule has 12 heteroatoms. The van der Waals surface area contributed by atoms with Crippen molar-refractivity contribution in [3.8, 4) is 17.2 Å². The maximum atomic E-state index is 13.8. The minimum Gasteiger partial charge on any atom is -0.507 e. The van der Waals surface area contributed by atoms with E-state index in [1.807, 2.05) is 6.92 Å². The van der Waals surface area contributed by atoms with Gasteiger partial charge in [-0.05, 0) is 79.4 Å². The zero-order valence-electron chi connectivity index (χ0n) is 27.1. The van der Waals surface area contributed by atoms with Crippen molar-refractivity contribution in [3.05, 3.63) is 94.8 Å². The Morgan fingerprint density at radius 1 is 0.896 bits per heavy atom. The van der Waals surface area contributed by atoms with E-state index in [9.17, 15) is 19.1 Å². The Bertz CT molecular complexity index is 1740. The van der Waals surface area contributed by atoms with Crippen LogP contribution in [0.15, 0.2) is 76.6 Å². The molecule has 5 rings (SSSR count). The smallest absolute Gasteiger partial charge is 0.301 e. The number of ether oxygens (including phenoxy) is 3. The quantitative estimate of drug-likeness (QED) is 0.0310. The molecule has 4 aromatic rings. The molecule has 1 atom stereocenters. The molecule has 1 aliphatic rings. The van der Waals surface area contributed by atoms with Gasteiger partial charge in [-0.15, -0.1) is 10.2 Å². The lowest BCUT2D eigenvalue weighted by Gasteiger charge is -2.23. The molecular formula is C36H38FN3O6S2. The Morgan fingerprint density at radius 2 is 1.60 bits per heavy atom. The molecule has 0 spiro atoms. The van der Waals surface area contributed by atoms with Crippen LogP contribution in [0.2, 0.25) is 0 Å². The zero-order chi connectivity index (χ0) is 34.0. The average molecular weight is 692 g/mol. The van der Waals surface area contributed by atoms with Crippen LogP contribution in [0.4, 0.5) is 9.52 Å². The number of aliphatic hydroxyl groups excluding tert-OH is 1. The first-order valence-corrected chi connectivity index (χ1v) is 17.8. The topological polar surface area (TPSA) is 111 Å². The number of nitrogens with zero attached hydrogens (tertiary/aromatic N) is 3. The molecule has 0 bridgehead atoms. The summed E-state index contributed by atoms with van der Waals surface area (Å²) in [4.78, 5) is 28.8. The second kappa shape index (κ2) is 16.6. The summed E-state index contributed by atoms with van der Waals surface area (Å²) in [6.07, 6.45) is 3.75. The average Bonchev–Trinajstić information content (AvgIpc) is 3.67. The third kappa shape index (κ3) is 8.16. The highest BCUT2D eigenvalue weighted by Crippen LogP contribution is 2.46. The Kier molecular flexibility index (Phi) is 12.1. The number of ketones is 1. The van der Waals surface area contributed by atoms with Crippen LogP contribution in [0.25, 0.3) is 5.76 Å². The van der Waals surface area contributed by atoms with Crippen molar-refractivity contribution in [2.75, 3.05) is 24.7 Å². The zero-order valence-corrected chi connectivity index (χ0v) is 28.7. The molecule has 1 aliphatic heterocycles. The third-order valence-corrected chi connectivity index (χ3v) is 9.68. The number of amides is 1. The van der Waals surface area contributed by atoms with Crippen LogP contribution in [-0.2, 0) is 15.3 Å². The number of benzene rings is 3. The summed E-state index contributed by atoms with van der Waals surface area (Å²) < 4.78 is 31.6. The number of carbonyl (C=O) groups is 2. The van der Waals surface area contributed by atoms with E-state index in [2.05, 4.69) is 24.0 Å². The van der Waals surface area contributed by atoms with E-state index in [-0.39, 0.29) is 22.3 Å². The summed E-state index contributed by atoms with van der Waals surface area (Å²) in [6, 6.07) is 17.2. The highest BCUT2D eigenvalue weighted by atomic mass is 32.2. The van der Waals surface area contributed by atoms with Gasteiger partial charge in [0.1, 0.15) is 17.3 Å². The van der Waals surface area contributed by atoms with Crippen molar-refractivity contribution in [1.82, 2.24) is 10.2 Å². The van der Waals surface area contributed by atoms with E-state index in [0.717, 1.165) is 42.6 Å². The van der Waals surface area contributed by atoms with Crippen LogP contribution in [0.3, 0.4) is 0 Å². The van der Waals surface area contributed by atoms with Crippen molar-refractivity contribution in [3.63, 3.8) is 0 Å². The molecule has 1 fully saturated rings. The highest BCUT2D eigenvalue weighted by molar-refractivity contribution is 8.00. The van der Waals surface area contributed by atoms with E-state index in [1.54, 1.807) is 54.6 Å². The largest absolute Gasteiger partial charge is 0.507 e. The first-order valence-electron chi connectivity index (χ1n) is 16.0. The van der Waals surface area contributed by atoms with E-state index in [4.69, 9.17) is 14.2 Å². The van der Waals surface area contributed by atoms with Gasteiger partial charge in [-0.25, -0.2) is 4.39 Å². The number of carbonyl (C=O) groups excluding carboxylic acids is 2. The molecule has 1 unspecified atom stereocenters.